The standard InChI is InChI=1S/C15H22N2O5S/c1-11-9-17(10-12(2)22-11)23(20,21)14-5-3-4-13(8-14)15(19)16-6-7-18/h3-5,8,11-12,18H,6-7,9-10H2,1-2H3,(H,16,19). The molecule has 1 aromatic rings. The summed E-state index contributed by atoms with van der Waals surface area (Å²) in [7, 11) is -3.68. The molecule has 0 radical (unpaired) electrons. The van der Waals surface area contributed by atoms with Crippen molar-refractivity contribution in [1.29, 1.82) is 0 Å². The molecule has 8 heteroatoms. The molecule has 1 aliphatic heterocycles. The lowest BCUT2D eigenvalue weighted by Crippen LogP contribution is -2.48. The van der Waals surface area contributed by atoms with Gasteiger partial charge in [-0.15, -0.1) is 0 Å². The van der Waals surface area contributed by atoms with Crippen LogP contribution in [0.3, 0.4) is 0 Å². The van der Waals surface area contributed by atoms with E-state index in [0.717, 1.165) is 0 Å². The molecule has 1 heterocycles. The maximum absolute atomic E-state index is 12.8. The zero-order valence-corrected chi connectivity index (χ0v) is 14.0. The summed E-state index contributed by atoms with van der Waals surface area (Å²) in [6.45, 7) is 4.18. The lowest BCUT2D eigenvalue weighted by atomic mass is 10.2. The summed E-state index contributed by atoms with van der Waals surface area (Å²) >= 11 is 0. The number of sulfonamides is 1. The Balaban J connectivity index is 2.24. The van der Waals surface area contributed by atoms with Gasteiger partial charge in [0.25, 0.3) is 5.91 Å². The van der Waals surface area contributed by atoms with E-state index in [4.69, 9.17) is 9.84 Å². The van der Waals surface area contributed by atoms with Crippen molar-refractivity contribution in [3.05, 3.63) is 29.8 Å². The van der Waals surface area contributed by atoms with Gasteiger partial charge in [0, 0.05) is 25.2 Å². The highest BCUT2D eigenvalue weighted by atomic mass is 32.2. The van der Waals surface area contributed by atoms with Crippen molar-refractivity contribution in [1.82, 2.24) is 9.62 Å². The third-order valence-corrected chi connectivity index (χ3v) is 5.35. The SMILES string of the molecule is CC1CN(S(=O)(=O)c2cccc(C(=O)NCCO)c2)CC(C)O1. The first kappa shape index (κ1) is 17.9. The van der Waals surface area contributed by atoms with Gasteiger partial charge in [-0.25, -0.2) is 8.42 Å². The number of nitrogens with one attached hydrogen (secondary N) is 1. The maximum Gasteiger partial charge on any atom is 0.251 e. The second-order valence-electron chi connectivity index (χ2n) is 5.59. The number of ether oxygens (including phenoxy) is 1. The molecule has 2 N–H and O–H groups in total. The average Bonchev–Trinajstić information content (AvgIpc) is 2.51. The molecule has 1 aromatic carbocycles. The Bertz CT molecular complexity index is 652. The molecular formula is C15H22N2O5S. The summed E-state index contributed by atoms with van der Waals surface area (Å²) in [5.41, 5.74) is 0.244. The fraction of sp³-hybridized carbons (Fsp3) is 0.533. The average molecular weight is 342 g/mol. The molecule has 2 rings (SSSR count). The number of nitrogens with zero attached hydrogens (tertiary/aromatic N) is 1. The Morgan fingerprint density at radius 2 is 2.00 bits per heavy atom. The molecule has 1 amide bonds. The molecule has 128 valence electrons. The van der Waals surface area contributed by atoms with E-state index in [-0.39, 0.29) is 48.9 Å². The van der Waals surface area contributed by atoms with E-state index in [1.165, 1.54) is 28.6 Å². The summed E-state index contributed by atoms with van der Waals surface area (Å²) in [6, 6.07) is 5.90. The van der Waals surface area contributed by atoms with E-state index in [2.05, 4.69) is 5.32 Å². The molecule has 23 heavy (non-hydrogen) atoms. The van der Waals surface area contributed by atoms with Crippen molar-refractivity contribution in [2.45, 2.75) is 31.0 Å². The fourth-order valence-electron chi connectivity index (χ4n) is 2.55. The van der Waals surface area contributed by atoms with E-state index in [9.17, 15) is 13.2 Å². The Kier molecular flexibility index (Phi) is 5.74. The third kappa shape index (κ3) is 4.29. The first-order valence-electron chi connectivity index (χ1n) is 7.49. The minimum atomic E-state index is -3.68. The highest BCUT2D eigenvalue weighted by molar-refractivity contribution is 7.89. The molecule has 0 spiro atoms. The number of carbonyl (C=O) groups excluding carboxylic acids is 1. The van der Waals surface area contributed by atoms with Crippen molar-refractivity contribution in [3.63, 3.8) is 0 Å². The zero-order valence-electron chi connectivity index (χ0n) is 13.2. The van der Waals surface area contributed by atoms with Gasteiger partial charge >= 0.3 is 0 Å². The van der Waals surface area contributed by atoms with Gasteiger partial charge in [0.1, 0.15) is 0 Å². The number of rotatable bonds is 5. The summed E-state index contributed by atoms with van der Waals surface area (Å²) in [5, 5.41) is 11.2. The number of carbonyl (C=O) groups is 1. The van der Waals surface area contributed by atoms with Gasteiger partial charge in [-0.1, -0.05) is 6.07 Å². The molecule has 2 unspecified atom stereocenters. The van der Waals surface area contributed by atoms with Crippen molar-refractivity contribution in [2.75, 3.05) is 26.2 Å². The van der Waals surface area contributed by atoms with E-state index < -0.39 is 15.9 Å². The molecule has 0 bridgehead atoms. The molecule has 1 aliphatic rings. The van der Waals surface area contributed by atoms with E-state index in [0.29, 0.717) is 0 Å². The lowest BCUT2D eigenvalue weighted by Gasteiger charge is -2.34. The Morgan fingerprint density at radius 1 is 1.35 bits per heavy atom. The minimum Gasteiger partial charge on any atom is -0.395 e. The molecule has 0 aliphatic carbocycles. The number of aliphatic hydroxyl groups excluding tert-OH is 1. The molecule has 1 saturated heterocycles. The number of morpholine rings is 1. The van der Waals surface area contributed by atoms with Gasteiger partial charge in [-0.3, -0.25) is 4.79 Å². The monoisotopic (exact) mass is 342 g/mol. The summed E-state index contributed by atoms with van der Waals surface area (Å²) in [4.78, 5) is 12.0. The van der Waals surface area contributed by atoms with Gasteiger partial charge in [-0.2, -0.15) is 4.31 Å². The number of hydrogen-bond acceptors (Lipinski definition) is 5. The predicted molar refractivity (Wildman–Crippen MR) is 84.6 cm³/mol. The molecule has 0 aromatic heterocycles. The van der Waals surface area contributed by atoms with Gasteiger partial charge < -0.3 is 15.2 Å². The molecular weight excluding hydrogens is 320 g/mol. The van der Waals surface area contributed by atoms with Crippen LogP contribution in [0.1, 0.15) is 24.2 Å². The minimum absolute atomic E-state index is 0.0791. The smallest absolute Gasteiger partial charge is 0.251 e. The predicted octanol–water partition coefficient (Wildman–Crippen LogP) is 0.207. The second-order valence-corrected chi connectivity index (χ2v) is 7.52. The summed E-state index contributed by atoms with van der Waals surface area (Å²) in [6.07, 6.45) is -0.353. The van der Waals surface area contributed by atoms with Crippen molar-refractivity contribution in [3.8, 4) is 0 Å². The topological polar surface area (TPSA) is 95.9 Å². The molecule has 0 saturated carbocycles. The van der Waals surface area contributed by atoms with Gasteiger partial charge in [0.2, 0.25) is 10.0 Å². The molecule has 1 fully saturated rings. The fourth-order valence-corrected chi connectivity index (χ4v) is 4.18. The quantitative estimate of drug-likeness (QED) is 0.797. The molecule has 2 atom stereocenters. The van der Waals surface area contributed by atoms with Crippen LogP contribution in [0.5, 0.6) is 0 Å². The maximum atomic E-state index is 12.8. The first-order valence-corrected chi connectivity index (χ1v) is 8.93. The Hall–Kier alpha value is -1.48. The number of hydrogen-bond donors (Lipinski definition) is 2. The summed E-state index contributed by atoms with van der Waals surface area (Å²) < 4.78 is 32.5. The van der Waals surface area contributed by atoms with Crippen LogP contribution in [0, 0.1) is 0 Å². The summed E-state index contributed by atoms with van der Waals surface area (Å²) in [5.74, 6) is -0.417. The van der Waals surface area contributed by atoms with Crippen LogP contribution >= 0.6 is 0 Å². The Morgan fingerprint density at radius 3 is 2.61 bits per heavy atom. The third-order valence-electron chi connectivity index (χ3n) is 3.52. The van der Waals surface area contributed by atoms with Crippen molar-refractivity contribution >= 4 is 15.9 Å². The highest BCUT2D eigenvalue weighted by Gasteiger charge is 2.32. The zero-order chi connectivity index (χ0) is 17.0. The number of aliphatic hydroxyl groups is 1. The van der Waals surface area contributed by atoms with Crippen molar-refractivity contribution in [2.24, 2.45) is 0 Å². The lowest BCUT2D eigenvalue weighted by molar-refractivity contribution is -0.0440. The normalized spacial score (nSPS) is 22.7. The Labute approximate surface area is 136 Å². The van der Waals surface area contributed by atoms with Crippen molar-refractivity contribution < 1.29 is 23.1 Å². The number of benzene rings is 1. The second kappa shape index (κ2) is 7.39. The van der Waals surface area contributed by atoms with Crippen LogP contribution in [-0.4, -0.2) is 62.2 Å². The largest absolute Gasteiger partial charge is 0.395 e. The first-order chi connectivity index (χ1) is 10.8. The van der Waals surface area contributed by atoms with Crippen LogP contribution in [0.4, 0.5) is 0 Å². The van der Waals surface area contributed by atoms with Gasteiger partial charge in [0.05, 0.1) is 23.7 Å². The van der Waals surface area contributed by atoms with Gasteiger partial charge in [0.15, 0.2) is 0 Å². The van der Waals surface area contributed by atoms with E-state index in [1.807, 2.05) is 13.8 Å². The van der Waals surface area contributed by atoms with E-state index >= 15 is 0 Å². The van der Waals surface area contributed by atoms with Gasteiger partial charge in [-0.05, 0) is 32.0 Å². The highest BCUT2D eigenvalue weighted by Crippen LogP contribution is 2.21. The van der Waals surface area contributed by atoms with Crippen LogP contribution in [0.25, 0.3) is 0 Å². The van der Waals surface area contributed by atoms with Crippen LogP contribution in [-0.2, 0) is 14.8 Å². The van der Waals surface area contributed by atoms with Crippen LogP contribution < -0.4 is 5.32 Å². The molecule has 7 nitrogen and oxygen atoms in total. The number of amides is 1. The van der Waals surface area contributed by atoms with Crippen LogP contribution in [0.2, 0.25) is 0 Å². The van der Waals surface area contributed by atoms with E-state index in [1.54, 1.807) is 0 Å². The van der Waals surface area contributed by atoms with Crippen LogP contribution in [0.15, 0.2) is 29.2 Å².